The molecule has 0 radical (unpaired) electrons. The molecule has 2 aromatic rings. The number of aromatic nitrogens is 4. The number of hydrogen-bond acceptors (Lipinski definition) is 6. The van der Waals surface area contributed by atoms with Crippen molar-refractivity contribution in [1.82, 2.24) is 30.0 Å². The summed E-state index contributed by atoms with van der Waals surface area (Å²) in [4.78, 5) is 28.4. The third kappa shape index (κ3) is 3.55. The largest absolute Gasteiger partial charge is 0.356 e. The Morgan fingerprint density at radius 3 is 2.62 bits per heavy atom. The molecule has 26 heavy (non-hydrogen) atoms. The molecule has 2 fully saturated rings. The van der Waals surface area contributed by atoms with Gasteiger partial charge >= 0.3 is 0 Å². The third-order valence-electron chi connectivity index (χ3n) is 5.09. The number of H-pyrrole nitrogens is 1. The van der Waals surface area contributed by atoms with Gasteiger partial charge in [-0.3, -0.25) is 14.8 Å². The second-order valence-electron chi connectivity index (χ2n) is 6.97. The van der Waals surface area contributed by atoms with Gasteiger partial charge in [0.1, 0.15) is 11.6 Å². The highest BCUT2D eigenvalue weighted by molar-refractivity contribution is 5.99. The lowest BCUT2D eigenvalue weighted by Crippen LogP contribution is -2.48. The fraction of sp³-hybridized carbons (Fsp3) is 0.556. The van der Waals surface area contributed by atoms with E-state index < -0.39 is 0 Å². The second-order valence-corrected chi connectivity index (χ2v) is 6.97. The molecule has 0 aromatic carbocycles. The molecule has 0 spiro atoms. The van der Waals surface area contributed by atoms with Gasteiger partial charge in [-0.25, -0.2) is 9.97 Å². The van der Waals surface area contributed by atoms with Crippen molar-refractivity contribution in [1.29, 1.82) is 0 Å². The summed E-state index contributed by atoms with van der Waals surface area (Å²) in [6.45, 7) is 7.70. The van der Waals surface area contributed by atoms with Crippen LogP contribution in [-0.4, -0.2) is 75.1 Å². The van der Waals surface area contributed by atoms with Gasteiger partial charge in [-0.2, -0.15) is 5.10 Å². The predicted octanol–water partition coefficient (Wildman–Crippen LogP) is 1.07. The molecule has 2 aliphatic rings. The summed E-state index contributed by atoms with van der Waals surface area (Å²) in [5, 5.41) is 7.07. The van der Waals surface area contributed by atoms with Gasteiger partial charge < -0.3 is 9.80 Å². The van der Waals surface area contributed by atoms with Crippen molar-refractivity contribution in [2.24, 2.45) is 0 Å². The van der Waals surface area contributed by atoms with E-state index in [9.17, 15) is 4.79 Å². The summed E-state index contributed by atoms with van der Waals surface area (Å²) in [5.74, 6) is 2.58. The number of rotatable bonds is 4. The first-order valence-electron chi connectivity index (χ1n) is 9.30. The van der Waals surface area contributed by atoms with Crippen molar-refractivity contribution in [2.75, 3.05) is 44.2 Å². The van der Waals surface area contributed by atoms with Gasteiger partial charge in [0.15, 0.2) is 5.82 Å². The van der Waals surface area contributed by atoms with Crippen LogP contribution in [0, 0.1) is 6.92 Å². The van der Waals surface area contributed by atoms with E-state index in [-0.39, 0.29) is 5.91 Å². The Morgan fingerprint density at radius 2 is 1.92 bits per heavy atom. The van der Waals surface area contributed by atoms with Crippen LogP contribution in [0.4, 0.5) is 5.82 Å². The summed E-state index contributed by atoms with van der Waals surface area (Å²) in [7, 11) is 0. The minimum Gasteiger partial charge on any atom is -0.356 e. The SMILES string of the molecule is Cc1nc(CN2CCN(C(=O)c3cccnc3N3CCCC3)CC2)n[nH]1. The quantitative estimate of drug-likeness (QED) is 0.883. The van der Waals surface area contributed by atoms with Gasteiger partial charge in [0.05, 0.1) is 12.1 Å². The first kappa shape index (κ1) is 17.0. The van der Waals surface area contributed by atoms with Crippen LogP contribution in [0.15, 0.2) is 18.3 Å². The Balaban J connectivity index is 1.39. The maximum Gasteiger partial charge on any atom is 0.257 e. The number of aromatic amines is 1. The highest BCUT2D eigenvalue weighted by Gasteiger charge is 2.27. The van der Waals surface area contributed by atoms with Crippen LogP contribution in [0.25, 0.3) is 0 Å². The Bertz CT molecular complexity index is 760. The Morgan fingerprint density at radius 1 is 1.15 bits per heavy atom. The molecular weight excluding hydrogens is 330 g/mol. The Labute approximate surface area is 153 Å². The Kier molecular flexibility index (Phi) is 4.83. The van der Waals surface area contributed by atoms with Gasteiger partial charge in [-0.05, 0) is 31.9 Å². The molecule has 8 nitrogen and oxygen atoms in total. The number of pyridine rings is 1. The van der Waals surface area contributed by atoms with E-state index in [1.54, 1.807) is 6.20 Å². The molecule has 2 aromatic heterocycles. The van der Waals surface area contributed by atoms with Crippen LogP contribution in [0.3, 0.4) is 0 Å². The van der Waals surface area contributed by atoms with Gasteiger partial charge in [0.2, 0.25) is 0 Å². The number of nitrogens with one attached hydrogen (secondary N) is 1. The number of carbonyl (C=O) groups is 1. The number of amides is 1. The van der Waals surface area contributed by atoms with Gasteiger partial charge in [-0.15, -0.1) is 0 Å². The smallest absolute Gasteiger partial charge is 0.257 e. The molecule has 0 bridgehead atoms. The van der Waals surface area contributed by atoms with E-state index in [0.29, 0.717) is 0 Å². The van der Waals surface area contributed by atoms with Gasteiger partial charge in [0.25, 0.3) is 5.91 Å². The molecule has 8 heteroatoms. The number of hydrogen-bond donors (Lipinski definition) is 1. The molecule has 1 amide bonds. The third-order valence-corrected chi connectivity index (χ3v) is 5.09. The molecule has 0 unspecified atom stereocenters. The fourth-order valence-electron chi connectivity index (χ4n) is 3.68. The second kappa shape index (κ2) is 7.41. The molecule has 2 aliphatic heterocycles. The van der Waals surface area contributed by atoms with E-state index in [1.807, 2.05) is 24.0 Å². The van der Waals surface area contributed by atoms with Crippen LogP contribution in [0.5, 0.6) is 0 Å². The van der Waals surface area contributed by atoms with Crippen LogP contribution < -0.4 is 4.90 Å². The van der Waals surface area contributed by atoms with E-state index in [1.165, 1.54) is 12.8 Å². The monoisotopic (exact) mass is 355 g/mol. The zero-order valence-electron chi connectivity index (χ0n) is 15.2. The zero-order chi connectivity index (χ0) is 17.9. The summed E-state index contributed by atoms with van der Waals surface area (Å²) in [6, 6.07) is 3.76. The van der Waals surface area contributed by atoms with Crippen LogP contribution in [-0.2, 0) is 6.54 Å². The minimum absolute atomic E-state index is 0.0911. The van der Waals surface area contributed by atoms with Gasteiger partial charge in [-0.1, -0.05) is 0 Å². The number of anilines is 1. The summed E-state index contributed by atoms with van der Waals surface area (Å²) < 4.78 is 0. The van der Waals surface area contributed by atoms with Crippen molar-refractivity contribution >= 4 is 11.7 Å². The molecule has 138 valence electrons. The number of aryl methyl sites for hydroxylation is 1. The lowest BCUT2D eigenvalue weighted by atomic mass is 10.2. The first-order valence-corrected chi connectivity index (χ1v) is 9.30. The predicted molar refractivity (Wildman–Crippen MR) is 98.0 cm³/mol. The zero-order valence-corrected chi connectivity index (χ0v) is 15.2. The average molecular weight is 355 g/mol. The molecular formula is C18H25N7O. The van der Waals surface area contributed by atoms with E-state index >= 15 is 0 Å². The average Bonchev–Trinajstić information content (AvgIpc) is 3.34. The normalized spacial score (nSPS) is 18.5. The standard InChI is InChI=1S/C18H25N7O/c1-14-20-16(22-21-14)13-23-9-11-25(12-10-23)18(26)15-5-4-6-19-17(15)24-7-2-3-8-24/h4-6H,2-3,7-13H2,1H3,(H,20,21,22). The van der Waals surface area contributed by atoms with Crippen LogP contribution >= 0.6 is 0 Å². The molecule has 4 rings (SSSR count). The molecule has 0 aliphatic carbocycles. The first-order chi connectivity index (χ1) is 12.7. The highest BCUT2D eigenvalue weighted by atomic mass is 16.2. The van der Waals surface area contributed by atoms with Crippen LogP contribution in [0.1, 0.15) is 34.8 Å². The summed E-state index contributed by atoms with van der Waals surface area (Å²) >= 11 is 0. The van der Waals surface area contributed by atoms with E-state index in [0.717, 1.165) is 68.8 Å². The number of nitrogens with zero attached hydrogens (tertiary/aromatic N) is 6. The lowest BCUT2D eigenvalue weighted by molar-refractivity contribution is 0.0626. The number of carbonyl (C=O) groups excluding carboxylic acids is 1. The topological polar surface area (TPSA) is 81.2 Å². The Hall–Kier alpha value is -2.48. The maximum atomic E-state index is 13.1. The molecule has 1 N–H and O–H groups in total. The van der Waals surface area contributed by atoms with Crippen molar-refractivity contribution < 1.29 is 4.79 Å². The molecule has 4 heterocycles. The maximum absolute atomic E-state index is 13.1. The number of piperazine rings is 1. The van der Waals surface area contributed by atoms with Crippen molar-refractivity contribution in [2.45, 2.75) is 26.3 Å². The van der Waals surface area contributed by atoms with Crippen molar-refractivity contribution in [3.63, 3.8) is 0 Å². The molecule has 0 saturated carbocycles. The minimum atomic E-state index is 0.0911. The molecule has 2 saturated heterocycles. The van der Waals surface area contributed by atoms with Crippen molar-refractivity contribution in [3.05, 3.63) is 35.5 Å². The van der Waals surface area contributed by atoms with Crippen LogP contribution in [0.2, 0.25) is 0 Å². The molecule has 0 atom stereocenters. The summed E-state index contributed by atoms with van der Waals surface area (Å²) in [5.41, 5.74) is 0.729. The lowest BCUT2D eigenvalue weighted by Gasteiger charge is -2.34. The van der Waals surface area contributed by atoms with Crippen molar-refractivity contribution in [3.8, 4) is 0 Å². The van der Waals surface area contributed by atoms with Gasteiger partial charge in [0, 0.05) is 45.5 Å². The van der Waals surface area contributed by atoms with E-state index in [4.69, 9.17) is 0 Å². The van der Waals surface area contributed by atoms with E-state index in [2.05, 4.69) is 30.0 Å². The highest BCUT2D eigenvalue weighted by Crippen LogP contribution is 2.23. The summed E-state index contributed by atoms with van der Waals surface area (Å²) in [6.07, 6.45) is 4.12. The fourth-order valence-corrected chi connectivity index (χ4v) is 3.68.